The molecule has 0 aromatic heterocycles. The van der Waals surface area contributed by atoms with Gasteiger partial charge in [0, 0.05) is 11.9 Å². The zero-order chi connectivity index (χ0) is 12.0. The van der Waals surface area contributed by atoms with Gasteiger partial charge in [0.25, 0.3) is 0 Å². The quantitative estimate of drug-likeness (QED) is 0.752. The molecule has 0 aromatic carbocycles. The monoisotopic (exact) mass is 267 g/mol. The molecule has 1 rings (SSSR count). The maximum absolute atomic E-state index is 11.7. The Morgan fingerprint density at radius 1 is 1.31 bits per heavy atom. The van der Waals surface area contributed by atoms with Crippen LogP contribution in [0, 0.1) is 5.92 Å². The largest absolute Gasteiger partial charge is 0.212 e. The van der Waals surface area contributed by atoms with Gasteiger partial charge in [0.2, 0.25) is 10.0 Å². The molecule has 0 aromatic rings. The van der Waals surface area contributed by atoms with E-state index in [0.29, 0.717) is 18.2 Å². The molecule has 1 fully saturated rings. The molecule has 96 valence electrons. The average molecular weight is 268 g/mol. The molecular formula is C11H22ClNO2S. The highest BCUT2D eigenvalue weighted by Crippen LogP contribution is 2.26. The van der Waals surface area contributed by atoms with Crippen LogP contribution < -0.4 is 4.72 Å². The van der Waals surface area contributed by atoms with E-state index in [9.17, 15) is 8.42 Å². The lowest BCUT2D eigenvalue weighted by Gasteiger charge is -2.28. The molecule has 16 heavy (non-hydrogen) atoms. The molecule has 0 heterocycles. The molecule has 0 saturated heterocycles. The summed E-state index contributed by atoms with van der Waals surface area (Å²) in [5, 5.41) is 0. The van der Waals surface area contributed by atoms with Gasteiger partial charge in [-0.25, -0.2) is 13.1 Å². The van der Waals surface area contributed by atoms with E-state index in [1.54, 1.807) is 0 Å². The topological polar surface area (TPSA) is 46.2 Å². The summed E-state index contributed by atoms with van der Waals surface area (Å²) >= 11 is 5.50. The summed E-state index contributed by atoms with van der Waals surface area (Å²) < 4.78 is 26.1. The highest BCUT2D eigenvalue weighted by Gasteiger charge is 2.23. The third kappa shape index (κ3) is 5.02. The van der Waals surface area contributed by atoms with Crippen molar-refractivity contribution in [1.29, 1.82) is 0 Å². The Morgan fingerprint density at radius 3 is 2.50 bits per heavy atom. The lowest BCUT2D eigenvalue weighted by molar-refractivity contribution is 0.303. The lowest BCUT2D eigenvalue weighted by atomic mass is 9.85. The van der Waals surface area contributed by atoms with Crippen LogP contribution in [0.5, 0.6) is 0 Å². The minimum Gasteiger partial charge on any atom is -0.212 e. The first-order valence-electron chi connectivity index (χ1n) is 6.11. The summed E-state index contributed by atoms with van der Waals surface area (Å²) in [7, 11) is -3.13. The van der Waals surface area contributed by atoms with Gasteiger partial charge >= 0.3 is 0 Å². The predicted molar refractivity (Wildman–Crippen MR) is 68.3 cm³/mol. The van der Waals surface area contributed by atoms with E-state index in [-0.39, 0.29) is 11.8 Å². The van der Waals surface area contributed by atoms with Crippen LogP contribution in [-0.2, 0) is 10.0 Å². The second-order valence-electron chi connectivity index (χ2n) is 4.67. The Kier molecular flexibility index (Phi) is 6.08. The van der Waals surface area contributed by atoms with Crippen LogP contribution >= 0.6 is 11.6 Å². The Hall–Kier alpha value is 0.200. The molecule has 0 bridgehead atoms. The van der Waals surface area contributed by atoms with Crippen molar-refractivity contribution in [3.05, 3.63) is 0 Å². The lowest BCUT2D eigenvalue weighted by Crippen LogP contribution is -2.40. The number of sulfonamides is 1. The highest BCUT2D eigenvalue weighted by molar-refractivity contribution is 7.89. The van der Waals surface area contributed by atoms with Crippen LogP contribution in [0.4, 0.5) is 0 Å². The van der Waals surface area contributed by atoms with E-state index in [1.807, 2.05) is 6.92 Å². The van der Waals surface area contributed by atoms with Gasteiger partial charge in [-0.2, -0.15) is 0 Å². The Balaban J connectivity index is 2.39. The molecule has 1 N–H and O–H groups in total. The maximum Gasteiger partial charge on any atom is 0.211 e. The van der Waals surface area contributed by atoms with Crippen LogP contribution in [0.1, 0.15) is 45.4 Å². The first-order chi connectivity index (χ1) is 7.55. The van der Waals surface area contributed by atoms with E-state index in [0.717, 1.165) is 12.8 Å². The molecule has 1 aliphatic carbocycles. The Morgan fingerprint density at radius 2 is 1.94 bits per heavy atom. The second-order valence-corrected chi connectivity index (χ2v) is 6.92. The summed E-state index contributed by atoms with van der Waals surface area (Å²) in [6.07, 6.45) is 6.59. The fraction of sp³-hybridized carbons (Fsp3) is 1.00. The molecule has 1 aliphatic rings. The summed E-state index contributed by atoms with van der Waals surface area (Å²) in [4.78, 5) is 0. The smallest absolute Gasteiger partial charge is 0.211 e. The summed E-state index contributed by atoms with van der Waals surface area (Å²) in [5.41, 5.74) is 0. The molecule has 1 atom stereocenters. The van der Waals surface area contributed by atoms with Gasteiger partial charge in [-0.3, -0.25) is 0 Å². The Bertz CT molecular complexity index is 286. The van der Waals surface area contributed by atoms with Gasteiger partial charge in [-0.15, -0.1) is 11.6 Å². The maximum atomic E-state index is 11.7. The SMILES string of the molecule is CC(NS(=O)(=O)CCCCl)C1CCCCC1. The molecule has 0 spiro atoms. The van der Waals surface area contributed by atoms with Gasteiger partial charge in [-0.1, -0.05) is 19.3 Å². The molecule has 0 radical (unpaired) electrons. The number of hydrogen-bond acceptors (Lipinski definition) is 2. The normalized spacial score (nSPS) is 20.9. The van der Waals surface area contributed by atoms with Crippen molar-refractivity contribution >= 4 is 21.6 Å². The van der Waals surface area contributed by atoms with Gasteiger partial charge in [0.05, 0.1) is 5.75 Å². The number of rotatable bonds is 6. The fourth-order valence-corrected chi connectivity index (χ4v) is 4.01. The number of hydrogen-bond donors (Lipinski definition) is 1. The average Bonchev–Trinajstić information content (AvgIpc) is 2.27. The number of alkyl halides is 1. The van der Waals surface area contributed by atoms with E-state index < -0.39 is 10.0 Å². The first-order valence-corrected chi connectivity index (χ1v) is 8.30. The molecule has 1 saturated carbocycles. The summed E-state index contributed by atoms with van der Waals surface area (Å²) in [6, 6.07) is 0.0700. The van der Waals surface area contributed by atoms with E-state index in [4.69, 9.17) is 11.6 Å². The van der Waals surface area contributed by atoms with Crippen molar-refractivity contribution in [1.82, 2.24) is 4.72 Å². The van der Waals surface area contributed by atoms with Crippen molar-refractivity contribution in [2.24, 2.45) is 5.92 Å². The first kappa shape index (κ1) is 14.3. The van der Waals surface area contributed by atoms with Crippen LogP contribution in [0.2, 0.25) is 0 Å². The second kappa shape index (κ2) is 6.82. The Labute approximate surface area is 104 Å². The number of nitrogens with one attached hydrogen (secondary N) is 1. The van der Waals surface area contributed by atoms with Gasteiger partial charge in [-0.05, 0) is 32.1 Å². The zero-order valence-corrected chi connectivity index (χ0v) is 11.5. The van der Waals surface area contributed by atoms with Crippen molar-refractivity contribution in [2.45, 2.75) is 51.5 Å². The third-order valence-corrected chi connectivity index (χ3v) is 5.09. The number of halogens is 1. The molecule has 0 aliphatic heterocycles. The minimum atomic E-state index is -3.13. The van der Waals surface area contributed by atoms with Gasteiger partial charge < -0.3 is 0 Å². The van der Waals surface area contributed by atoms with Crippen LogP contribution in [0.3, 0.4) is 0 Å². The van der Waals surface area contributed by atoms with Crippen molar-refractivity contribution in [3.8, 4) is 0 Å². The molecule has 3 nitrogen and oxygen atoms in total. The van der Waals surface area contributed by atoms with Gasteiger partial charge in [0.1, 0.15) is 0 Å². The predicted octanol–water partition coefficient (Wildman–Crippen LogP) is 2.50. The van der Waals surface area contributed by atoms with Gasteiger partial charge in [0.15, 0.2) is 0 Å². The summed E-state index contributed by atoms with van der Waals surface area (Å²) in [6.45, 7) is 1.98. The molecule has 1 unspecified atom stereocenters. The van der Waals surface area contributed by atoms with Crippen LogP contribution in [0.15, 0.2) is 0 Å². The summed E-state index contributed by atoms with van der Waals surface area (Å²) in [5.74, 6) is 1.06. The van der Waals surface area contributed by atoms with Crippen molar-refractivity contribution in [3.63, 3.8) is 0 Å². The molecule has 5 heteroatoms. The third-order valence-electron chi connectivity index (χ3n) is 3.27. The van der Waals surface area contributed by atoms with Crippen LogP contribution in [0.25, 0.3) is 0 Å². The fourth-order valence-electron chi connectivity index (χ4n) is 2.32. The van der Waals surface area contributed by atoms with Crippen molar-refractivity contribution in [2.75, 3.05) is 11.6 Å². The van der Waals surface area contributed by atoms with E-state index >= 15 is 0 Å². The highest BCUT2D eigenvalue weighted by atomic mass is 35.5. The molecule has 0 amide bonds. The molecular weight excluding hydrogens is 246 g/mol. The van der Waals surface area contributed by atoms with E-state index in [1.165, 1.54) is 19.3 Å². The van der Waals surface area contributed by atoms with E-state index in [2.05, 4.69) is 4.72 Å². The standard InChI is InChI=1S/C11H22ClNO2S/c1-10(11-6-3-2-4-7-11)13-16(14,15)9-5-8-12/h10-11,13H,2-9H2,1H3. The minimum absolute atomic E-state index is 0.0700. The van der Waals surface area contributed by atoms with Crippen molar-refractivity contribution < 1.29 is 8.42 Å². The zero-order valence-electron chi connectivity index (χ0n) is 9.91. The van der Waals surface area contributed by atoms with Crippen LogP contribution in [-0.4, -0.2) is 26.1 Å².